The van der Waals surface area contributed by atoms with Gasteiger partial charge in [-0.05, 0) is 65.2 Å². The van der Waals surface area contributed by atoms with E-state index in [4.69, 9.17) is 16.9 Å². The smallest absolute Gasteiger partial charge is 0.406 e. The Morgan fingerprint density at radius 3 is 2.78 bits per heavy atom. The van der Waals surface area contributed by atoms with Crippen LogP contribution in [0, 0.1) is 17.1 Å². The summed E-state index contributed by atoms with van der Waals surface area (Å²) in [6.07, 6.45) is 0.652. The second kappa shape index (κ2) is 11.6. The minimum atomic E-state index is -4.86. The minimum absolute atomic E-state index is 0.176. The normalized spacial score (nSPS) is 13.8. The highest BCUT2D eigenvalue weighted by molar-refractivity contribution is 6.29. The zero-order valence-corrected chi connectivity index (χ0v) is 22.1. The minimum Gasteiger partial charge on any atom is -0.406 e. The third-order valence-corrected chi connectivity index (χ3v) is 6.80. The van der Waals surface area contributed by atoms with Gasteiger partial charge in [0.1, 0.15) is 16.7 Å². The van der Waals surface area contributed by atoms with Gasteiger partial charge in [-0.1, -0.05) is 23.8 Å². The number of carbonyl (C=O) groups excluding carboxylic acids is 1. The van der Waals surface area contributed by atoms with E-state index in [1.54, 1.807) is 24.3 Å². The number of hydrogen-bond donors (Lipinski definition) is 1. The second-order valence-electron chi connectivity index (χ2n) is 9.41. The Labute approximate surface area is 237 Å². The Hall–Kier alpha value is -4.40. The molecule has 0 aliphatic carbocycles. The predicted octanol–water partition coefficient (Wildman–Crippen LogP) is 6.43. The third-order valence-electron chi connectivity index (χ3n) is 6.59. The van der Waals surface area contributed by atoms with E-state index in [1.807, 2.05) is 12.1 Å². The number of hydrogen-bond acceptors (Lipinski definition) is 5. The average molecular weight is 584 g/mol. The van der Waals surface area contributed by atoms with Crippen LogP contribution in [0.15, 0.2) is 60.8 Å². The molecule has 1 N–H and O–H groups in total. The summed E-state index contributed by atoms with van der Waals surface area (Å²) in [5.74, 6) is -0.894. The van der Waals surface area contributed by atoms with Crippen LogP contribution in [0.25, 0.3) is 17.0 Å². The van der Waals surface area contributed by atoms with Crippen molar-refractivity contribution in [2.45, 2.75) is 25.9 Å². The number of nitrogens with one attached hydrogen (secondary N) is 1. The van der Waals surface area contributed by atoms with Gasteiger partial charge in [0.15, 0.2) is 0 Å². The van der Waals surface area contributed by atoms with Crippen LogP contribution in [0.5, 0.6) is 5.75 Å². The van der Waals surface area contributed by atoms with E-state index in [2.05, 4.69) is 19.9 Å². The molecule has 0 saturated carbocycles. The molecule has 0 saturated heterocycles. The zero-order valence-electron chi connectivity index (χ0n) is 21.4. The van der Waals surface area contributed by atoms with Crippen molar-refractivity contribution in [3.05, 3.63) is 99.7 Å². The van der Waals surface area contributed by atoms with E-state index in [1.165, 1.54) is 35.0 Å². The number of pyridine rings is 1. The van der Waals surface area contributed by atoms with Crippen LogP contribution in [0.3, 0.4) is 0 Å². The van der Waals surface area contributed by atoms with Crippen LogP contribution in [0.2, 0.25) is 5.15 Å². The molecule has 1 aliphatic rings. The topological polar surface area (TPSA) is 83.2 Å². The fourth-order valence-electron chi connectivity index (χ4n) is 4.90. The molecule has 2 aromatic heterocycles. The number of aromatic nitrogens is 2. The van der Waals surface area contributed by atoms with Crippen molar-refractivity contribution in [3.63, 3.8) is 0 Å². The zero-order chi connectivity index (χ0) is 29.1. The number of nitrogens with zero attached hydrogens (tertiary/aromatic N) is 4. The Morgan fingerprint density at radius 1 is 1.20 bits per heavy atom. The summed E-state index contributed by atoms with van der Waals surface area (Å²) < 4.78 is 58.3. The van der Waals surface area contributed by atoms with Crippen LogP contribution in [0.1, 0.15) is 27.9 Å². The number of rotatable bonds is 6. The molecule has 4 aromatic rings. The highest BCUT2D eigenvalue weighted by atomic mass is 35.5. The molecule has 5 rings (SSSR count). The van der Waals surface area contributed by atoms with Crippen molar-refractivity contribution >= 4 is 34.6 Å². The van der Waals surface area contributed by atoms with Crippen LogP contribution in [0.4, 0.5) is 22.4 Å². The molecular weight excluding hydrogens is 562 g/mol. The molecule has 0 fully saturated rings. The molecule has 210 valence electrons. The van der Waals surface area contributed by atoms with E-state index in [0.29, 0.717) is 53.8 Å². The Kier molecular flexibility index (Phi) is 7.97. The SMILES string of the molecule is N#Cc1cc(F)cc(C=CCN2CCc3c(c4cc(OC(F)(F)F)ccc4n3C(=O)NCc3ccnc(Cl)c3)C2)c1. The van der Waals surface area contributed by atoms with Gasteiger partial charge in [0.05, 0.1) is 17.1 Å². The fourth-order valence-corrected chi connectivity index (χ4v) is 5.10. The van der Waals surface area contributed by atoms with Gasteiger partial charge >= 0.3 is 12.4 Å². The number of alkyl halides is 3. The summed E-state index contributed by atoms with van der Waals surface area (Å²) in [5.41, 5.74) is 3.35. The van der Waals surface area contributed by atoms with Crippen molar-refractivity contribution in [1.29, 1.82) is 5.26 Å². The largest absolute Gasteiger partial charge is 0.573 e. The molecule has 0 atom stereocenters. The fraction of sp³-hybridized carbons (Fsp3) is 0.207. The quantitative estimate of drug-likeness (QED) is 0.209. The average Bonchev–Trinajstić information content (AvgIpc) is 3.23. The van der Waals surface area contributed by atoms with Gasteiger partial charge in [-0.25, -0.2) is 14.2 Å². The maximum absolute atomic E-state index is 13.8. The summed E-state index contributed by atoms with van der Waals surface area (Å²) >= 11 is 5.94. The van der Waals surface area contributed by atoms with Crippen molar-refractivity contribution < 1.29 is 27.1 Å². The van der Waals surface area contributed by atoms with Crippen molar-refractivity contribution in [2.75, 3.05) is 13.1 Å². The van der Waals surface area contributed by atoms with Crippen molar-refractivity contribution in [3.8, 4) is 11.8 Å². The van der Waals surface area contributed by atoms with Crippen LogP contribution in [-0.4, -0.2) is 39.9 Å². The molecule has 2 aromatic carbocycles. The lowest BCUT2D eigenvalue weighted by Gasteiger charge is -2.27. The number of benzene rings is 2. The summed E-state index contributed by atoms with van der Waals surface area (Å²) in [6, 6.07) is 12.8. The second-order valence-corrected chi connectivity index (χ2v) is 9.79. The first-order chi connectivity index (χ1) is 19.6. The number of halogens is 5. The number of ether oxygens (including phenoxy) is 1. The molecule has 41 heavy (non-hydrogen) atoms. The van der Waals surface area contributed by atoms with Gasteiger partial charge in [0.25, 0.3) is 0 Å². The summed E-state index contributed by atoms with van der Waals surface area (Å²) in [5, 5.41) is 12.7. The van der Waals surface area contributed by atoms with Crippen molar-refractivity contribution in [2.24, 2.45) is 0 Å². The highest BCUT2D eigenvalue weighted by Crippen LogP contribution is 2.35. The van der Waals surface area contributed by atoms with Gasteiger partial charge in [-0.3, -0.25) is 9.47 Å². The van der Waals surface area contributed by atoms with E-state index < -0.39 is 18.2 Å². The monoisotopic (exact) mass is 583 g/mol. The standard InChI is InChI=1S/C29H22ClF4N5O2/c30-27-13-19(5-7-36-27)16-37-28(40)39-25-4-3-22(41-29(32,33)34)14-23(25)24-17-38(9-6-26(24)39)8-1-2-18-10-20(15-35)12-21(31)11-18/h1-5,7,10-14H,6,8-9,16-17H2,(H,37,40). The van der Waals surface area contributed by atoms with E-state index in [-0.39, 0.29) is 23.0 Å². The molecular formula is C29H22ClF4N5O2. The van der Waals surface area contributed by atoms with Crippen molar-refractivity contribution in [1.82, 2.24) is 19.8 Å². The van der Waals surface area contributed by atoms with Gasteiger partial charge < -0.3 is 10.1 Å². The van der Waals surface area contributed by atoms with Crippen LogP contribution in [-0.2, 0) is 19.5 Å². The summed E-state index contributed by atoms with van der Waals surface area (Å²) in [7, 11) is 0. The van der Waals surface area contributed by atoms with Gasteiger partial charge in [0, 0.05) is 49.9 Å². The van der Waals surface area contributed by atoms with Gasteiger partial charge in [-0.2, -0.15) is 5.26 Å². The first-order valence-electron chi connectivity index (χ1n) is 12.5. The molecule has 12 heteroatoms. The number of amides is 1. The number of nitriles is 1. The maximum atomic E-state index is 13.8. The molecule has 3 heterocycles. The van der Waals surface area contributed by atoms with E-state index in [9.17, 15) is 22.4 Å². The molecule has 0 radical (unpaired) electrons. The first-order valence-corrected chi connectivity index (χ1v) is 12.9. The lowest BCUT2D eigenvalue weighted by molar-refractivity contribution is -0.274. The van der Waals surface area contributed by atoms with Crippen LogP contribution >= 0.6 is 11.6 Å². The molecule has 0 spiro atoms. The lowest BCUT2D eigenvalue weighted by atomic mass is 10.0. The molecule has 0 unspecified atom stereocenters. The predicted molar refractivity (Wildman–Crippen MR) is 145 cm³/mol. The third kappa shape index (κ3) is 6.67. The number of carbonyl (C=O) groups is 1. The lowest BCUT2D eigenvalue weighted by Crippen LogP contribution is -2.34. The molecule has 1 amide bonds. The Morgan fingerprint density at radius 2 is 2.02 bits per heavy atom. The highest BCUT2D eigenvalue weighted by Gasteiger charge is 2.32. The van der Waals surface area contributed by atoms with Gasteiger partial charge in [-0.15, -0.1) is 13.2 Å². The van der Waals surface area contributed by atoms with E-state index in [0.717, 1.165) is 11.6 Å². The number of fused-ring (bicyclic) bond motifs is 3. The van der Waals surface area contributed by atoms with Crippen LogP contribution < -0.4 is 10.1 Å². The summed E-state index contributed by atoms with van der Waals surface area (Å²) in [4.78, 5) is 19.3. The van der Waals surface area contributed by atoms with E-state index >= 15 is 0 Å². The Bertz CT molecular complexity index is 1690. The molecule has 1 aliphatic heterocycles. The maximum Gasteiger partial charge on any atom is 0.573 e. The first kappa shape index (κ1) is 28.1. The Balaban J connectivity index is 1.42. The summed E-state index contributed by atoms with van der Waals surface area (Å²) in [6.45, 7) is 1.56. The molecule has 7 nitrogen and oxygen atoms in total. The van der Waals surface area contributed by atoms with Gasteiger partial charge in [0.2, 0.25) is 0 Å². The molecule has 0 bridgehead atoms.